The molecule has 2 aromatic rings. The van der Waals surface area contributed by atoms with Gasteiger partial charge in [0.15, 0.2) is 17.6 Å². The van der Waals surface area contributed by atoms with Crippen LogP contribution in [0.15, 0.2) is 47.6 Å². The molecule has 214 valence electrons. The number of rotatable bonds is 12. The van der Waals surface area contributed by atoms with E-state index in [1.807, 2.05) is 37.3 Å². The number of carbonyl (C=O) groups excluding carboxylic acids is 1. The van der Waals surface area contributed by atoms with E-state index >= 15 is 0 Å². The highest BCUT2D eigenvalue weighted by atomic mass is 127. The first-order valence-electron chi connectivity index (χ1n) is 13.1. The Morgan fingerprint density at radius 2 is 1.93 bits per heavy atom. The van der Waals surface area contributed by atoms with Crippen molar-refractivity contribution in [3.8, 4) is 23.0 Å². The lowest BCUT2D eigenvalue weighted by atomic mass is 9.83. The highest BCUT2D eigenvalue weighted by Crippen LogP contribution is 2.47. The fourth-order valence-electron chi connectivity index (χ4n) is 5.11. The summed E-state index contributed by atoms with van der Waals surface area (Å²) in [5, 5.41) is 7.30. The molecule has 5 rings (SSSR count). The van der Waals surface area contributed by atoms with E-state index in [1.165, 1.54) is 0 Å². The van der Waals surface area contributed by atoms with Gasteiger partial charge in [-0.2, -0.15) is 0 Å². The highest BCUT2D eigenvalue weighted by Gasteiger charge is 2.43. The van der Waals surface area contributed by atoms with Crippen molar-refractivity contribution in [2.75, 3.05) is 51.6 Å². The van der Waals surface area contributed by atoms with Crippen molar-refractivity contribution < 1.29 is 38.1 Å². The van der Waals surface area contributed by atoms with E-state index in [9.17, 15) is 4.79 Å². The van der Waals surface area contributed by atoms with E-state index in [-0.39, 0.29) is 24.5 Å². The van der Waals surface area contributed by atoms with E-state index in [4.69, 9.17) is 33.3 Å². The predicted molar refractivity (Wildman–Crippen MR) is 156 cm³/mol. The zero-order valence-corrected chi connectivity index (χ0v) is 24.9. The Labute approximate surface area is 247 Å². The number of ether oxygens (including phenoxy) is 6. The van der Waals surface area contributed by atoms with Gasteiger partial charge in [0.25, 0.3) is 0 Å². The van der Waals surface area contributed by atoms with Gasteiger partial charge in [-0.15, -0.1) is 0 Å². The van der Waals surface area contributed by atoms with Gasteiger partial charge >= 0.3 is 0 Å². The fourth-order valence-corrected chi connectivity index (χ4v) is 5.42. The molecule has 3 aliphatic rings. The van der Waals surface area contributed by atoms with E-state index in [0.717, 1.165) is 32.4 Å². The van der Waals surface area contributed by atoms with E-state index < -0.39 is 12.2 Å². The second-order valence-corrected chi connectivity index (χ2v) is 10.8. The lowest BCUT2D eigenvalue weighted by molar-refractivity contribution is -0.129. The van der Waals surface area contributed by atoms with Gasteiger partial charge in [0.1, 0.15) is 36.9 Å². The van der Waals surface area contributed by atoms with E-state index in [2.05, 4.69) is 39.6 Å². The molecule has 4 atom stereocenters. The third-order valence-corrected chi connectivity index (χ3v) is 7.46. The maximum Gasteiger partial charge on any atom is 0.246 e. The number of amides is 1. The Balaban J connectivity index is 1.37. The molecule has 0 aliphatic carbocycles. The Morgan fingerprint density at radius 3 is 2.67 bits per heavy atom. The SMILES string of the molecule is C=C(C)[C@@H]1Oc2ccc(C3=NOC4COc5cc(OC)c(OC)cc5C34)cc2C1OCC(=O)NCCOCCI. The van der Waals surface area contributed by atoms with Gasteiger partial charge in [-0.1, -0.05) is 34.3 Å². The van der Waals surface area contributed by atoms with Crippen LogP contribution < -0.4 is 24.3 Å². The average Bonchev–Trinajstić information content (AvgIpc) is 3.56. The number of nitrogens with one attached hydrogen (secondary N) is 1. The lowest BCUT2D eigenvalue weighted by Crippen LogP contribution is -2.33. The molecule has 3 unspecified atom stereocenters. The van der Waals surface area contributed by atoms with Crippen LogP contribution in [0.1, 0.15) is 35.6 Å². The van der Waals surface area contributed by atoms with Crippen LogP contribution in [0, 0.1) is 0 Å². The second-order valence-electron chi connectivity index (χ2n) is 9.67. The van der Waals surface area contributed by atoms with Gasteiger partial charge in [-0.25, -0.2) is 0 Å². The van der Waals surface area contributed by atoms with E-state index in [0.29, 0.717) is 49.4 Å². The van der Waals surface area contributed by atoms with Crippen LogP contribution in [-0.2, 0) is 19.1 Å². The Bertz CT molecular complexity index is 1300. The smallest absolute Gasteiger partial charge is 0.246 e. The Hall–Kier alpha value is -3.03. The molecule has 0 radical (unpaired) electrons. The number of benzene rings is 2. The maximum atomic E-state index is 12.4. The van der Waals surface area contributed by atoms with Crippen LogP contribution in [0.3, 0.4) is 0 Å². The first kappa shape index (κ1) is 28.5. The van der Waals surface area contributed by atoms with Gasteiger partial charge in [0.2, 0.25) is 5.91 Å². The standard InChI is InChI=1S/C29H33IN2O8/c1-16(2)28-29(38-15-25(33)31-8-10-36-9-7-30)19-11-17(5-6-20(19)39-28)27-26-18-12-22(34-3)23(35-4)13-21(18)37-14-24(26)40-32-27/h5-6,11-13,24,26,28-29H,1,7-10,14-15H2,2-4H3,(H,31,33)/t24?,26?,28-,29?/m0/s1. The summed E-state index contributed by atoms with van der Waals surface area (Å²) < 4.78 is 35.6. The number of hydrogen-bond donors (Lipinski definition) is 1. The van der Waals surface area contributed by atoms with Crippen LogP contribution in [0.5, 0.6) is 23.0 Å². The number of oxime groups is 1. The summed E-state index contributed by atoms with van der Waals surface area (Å²) in [7, 11) is 3.20. The quantitative estimate of drug-likeness (QED) is 0.158. The molecule has 2 aromatic carbocycles. The third kappa shape index (κ3) is 5.72. The predicted octanol–water partition coefficient (Wildman–Crippen LogP) is 3.95. The molecule has 0 aromatic heterocycles. The highest BCUT2D eigenvalue weighted by molar-refractivity contribution is 14.1. The number of carbonyl (C=O) groups is 1. The van der Waals surface area contributed by atoms with Crippen molar-refractivity contribution in [1.82, 2.24) is 5.32 Å². The first-order chi connectivity index (χ1) is 19.4. The number of fused-ring (bicyclic) bond motifs is 4. The number of methoxy groups -OCH3 is 2. The average molecular weight is 664 g/mol. The fraction of sp³-hybridized carbons (Fsp3) is 0.448. The van der Waals surface area contributed by atoms with Gasteiger partial charge in [0.05, 0.1) is 39.1 Å². The number of nitrogens with zero attached hydrogens (tertiary/aromatic N) is 1. The van der Waals surface area contributed by atoms with Crippen molar-refractivity contribution >= 4 is 34.2 Å². The molecule has 1 amide bonds. The van der Waals surface area contributed by atoms with Gasteiger partial charge in [-0.3, -0.25) is 4.79 Å². The van der Waals surface area contributed by atoms with Crippen molar-refractivity contribution in [3.05, 3.63) is 59.2 Å². The van der Waals surface area contributed by atoms with Gasteiger partial charge in [-0.05, 0) is 36.8 Å². The normalized spacial score (nSPS) is 22.1. The van der Waals surface area contributed by atoms with Crippen LogP contribution in [0.4, 0.5) is 0 Å². The molecule has 3 aliphatic heterocycles. The molecular formula is C29H33IN2O8. The molecule has 0 fully saturated rings. The summed E-state index contributed by atoms with van der Waals surface area (Å²) >= 11 is 2.24. The largest absolute Gasteiger partial charge is 0.493 e. The Morgan fingerprint density at radius 1 is 1.12 bits per heavy atom. The summed E-state index contributed by atoms with van der Waals surface area (Å²) in [5.41, 5.74) is 4.18. The summed E-state index contributed by atoms with van der Waals surface area (Å²) in [6.07, 6.45) is -1.19. The number of alkyl halides is 1. The minimum atomic E-state index is -0.501. The van der Waals surface area contributed by atoms with Crippen molar-refractivity contribution in [2.45, 2.75) is 31.2 Å². The van der Waals surface area contributed by atoms with Crippen LogP contribution in [0.2, 0.25) is 0 Å². The lowest BCUT2D eigenvalue weighted by Gasteiger charge is -2.28. The third-order valence-electron chi connectivity index (χ3n) is 7.02. The molecule has 0 spiro atoms. The molecular weight excluding hydrogens is 631 g/mol. The maximum absolute atomic E-state index is 12.4. The van der Waals surface area contributed by atoms with Crippen LogP contribution in [0.25, 0.3) is 0 Å². The van der Waals surface area contributed by atoms with Crippen LogP contribution >= 0.6 is 22.6 Å². The van der Waals surface area contributed by atoms with Gasteiger partial charge in [0, 0.05) is 33.7 Å². The molecule has 11 heteroatoms. The molecule has 40 heavy (non-hydrogen) atoms. The zero-order valence-electron chi connectivity index (χ0n) is 22.7. The zero-order chi connectivity index (χ0) is 28.2. The van der Waals surface area contributed by atoms with E-state index in [1.54, 1.807) is 14.2 Å². The summed E-state index contributed by atoms with van der Waals surface area (Å²) in [5.74, 6) is 2.20. The molecule has 0 bridgehead atoms. The van der Waals surface area contributed by atoms with Crippen LogP contribution in [-0.4, -0.2) is 75.4 Å². The Kier molecular flexibility index (Phi) is 9.01. The first-order valence-corrected chi connectivity index (χ1v) is 14.6. The molecule has 10 nitrogen and oxygen atoms in total. The minimum absolute atomic E-state index is 0.116. The van der Waals surface area contributed by atoms with Crippen molar-refractivity contribution in [1.29, 1.82) is 0 Å². The molecule has 1 N–H and O–H groups in total. The summed E-state index contributed by atoms with van der Waals surface area (Å²) in [6, 6.07) is 9.61. The molecule has 3 heterocycles. The second kappa shape index (κ2) is 12.6. The summed E-state index contributed by atoms with van der Waals surface area (Å²) in [4.78, 5) is 18.3. The number of halogens is 1. The van der Waals surface area contributed by atoms with Crippen molar-refractivity contribution in [3.63, 3.8) is 0 Å². The molecule has 0 saturated carbocycles. The molecule has 0 saturated heterocycles. The summed E-state index contributed by atoms with van der Waals surface area (Å²) in [6.45, 7) is 7.75. The van der Waals surface area contributed by atoms with Gasteiger partial charge < -0.3 is 38.6 Å². The minimum Gasteiger partial charge on any atom is -0.493 e. The number of hydrogen-bond acceptors (Lipinski definition) is 9. The monoisotopic (exact) mass is 664 g/mol. The topological polar surface area (TPSA) is 106 Å². The van der Waals surface area contributed by atoms with Crippen molar-refractivity contribution in [2.24, 2.45) is 5.16 Å².